The number of aromatic nitrogens is 14. The molecule has 0 spiro atoms. The lowest BCUT2D eigenvalue weighted by Crippen LogP contribution is -2.28. The number of hydrogen-bond acceptors (Lipinski definition) is 37. The number of rotatable bonds is 20. The summed E-state index contributed by atoms with van der Waals surface area (Å²) >= 11 is 0. The Morgan fingerprint density at radius 3 is 0.928 bits per heavy atom. The summed E-state index contributed by atoms with van der Waals surface area (Å²) in [7, 11) is 2.10. The average Bonchev–Trinajstić information content (AvgIpc) is 1.77. The number of nitrogens with two attached hydrogens (primary N) is 2. The van der Waals surface area contributed by atoms with Gasteiger partial charge in [-0.25, -0.2) is 101 Å². The molecule has 0 saturated heterocycles. The van der Waals surface area contributed by atoms with Gasteiger partial charge in [-0.2, -0.15) is 10.4 Å². The average molecular weight is 1920 g/mol. The number of aromatic carboxylic acids is 2. The molecule has 56 heteroatoms. The number of hydrogen-bond donors (Lipinski definition) is 15. The zero-order chi connectivity index (χ0) is 99.8. The van der Waals surface area contributed by atoms with Gasteiger partial charge in [-0.05, 0) is 88.5 Å². The third-order valence-corrected chi connectivity index (χ3v) is 18.6. The zero-order valence-corrected chi connectivity index (χ0v) is 70.9. The van der Waals surface area contributed by atoms with Crippen molar-refractivity contribution in [1.29, 1.82) is 5.26 Å². The Labute approximate surface area is 771 Å². The van der Waals surface area contributed by atoms with Crippen molar-refractivity contribution in [1.82, 2.24) is 96.6 Å². The molecule has 5 aliphatic heterocycles. The number of fused-ring (bicyclic) bond motifs is 6. The number of nitrogens with one attached hydrogen (secondary N) is 11. The van der Waals surface area contributed by atoms with Crippen LogP contribution in [0, 0.1) is 40.4 Å². The summed E-state index contributed by atoms with van der Waals surface area (Å²) in [4.78, 5) is 214. The number of anilines is 6. The van der Waals surface area contributed by atoms with Crippen molar-refractivity contribution < 1.29 is 137 Å². The summed E-state index contributed by atoms with van der Waals surface area (Å²) in [6, 6.07) is 26.7. The van der Waals surface area contributed by atoms with Crippen LogP contribution in [-0.2, 0) is 66.2 Å². The Bertz CT molecular complexity index is 6890. The highest BCUT2D eigenvalue weighted by atomic mass is 19.1. The highest BCUT2D eigenvalue weighted by Crippen LogP contribution is 2.34. The number of H-pyrrole nitrogens is 1. The van der Waals surface area contributed by atoms with Gasteiger partial charge >= 0.3 is 23.9 Å². The number of carbonyl (C=O) groups excluding carboxylic acids is 13. The lowest BCUT2D eigenvalue weighted by atomic mass is 10.1. The number of benzene rings is 5. The number of ether oxygens (including phenoxy) is 7. The van der Waals surface area contributed by atoms with Crippen LogP contribution >= 0.6 is 0 Å². The Morgan fingerprint density at radius 2 is 0.626 bits per heavy atom. The number of nitrogen functional groups attached to an aromatic ring is 1. The van der Waals surface area contributed by atoms with Gasteiger partial charge < -0.3 is 108 Å². The van der Waals surface area contributed by atoms with Gasteiger partial charge in [-0.1, -0.05) is 30.3 Å². The normalized spacial score (nSPS) is 12.3. The molecule has 0 atom stereocenters. The van der Waals surface area contributed by atoms with Crippen molar-refractivity contribution in [2.75, 3.05) is 79.6 Å². The summed E-state index contributed by atoms with van der Waals surface area (Å²) in [5, 5.41) is 58.4. The Morgan fingerprint density at radius 1 is 0.374 bits per heavy atom. The molecule has 0 radical (unpaired) electrons. The molecule has 0 saturated carbocycles. The third-order valence-electron chi connectivity index (χ3n) is 18.6. The largest absolute Gasteiger partial charge is 0.482 e. The van der Waals surface area contributed by atoms with Crippen LogP contribution in [0.4, 0.5) is 56.2 Å². The number of halogens is 5. The van der Waals surface area contributed by atoms with Gasteiger partial charge in [-0.15, -0.1) is 0 Å². The number of nitriles is 1. The number of methoxy groups -OCH3 is 2. The van der Waals surface area contributed by atoms with Crippen LogP contribution in [0.15, 0.2) is 129 Å². The summed E-state index contributed by atoms with van der Waals surface area (Å²) in [6.07, 6.45) is 5.56. The minimum Gasteiger partial charge on any atom is -0.482 e. The Kier molecular flexibility index (Phi) is 31.6. The maximum atomic E-state index is 14.2. The molecule has 5 aliphatic rings. The molecule has 51 nitrogen and oxygen atoms in total. The zero-order valence-electron chi connectivity index (χ0n) is 70.9. The predicted molar refractivity (Wildman–Crippen MR) is 455 cm³/mol. The number of amides is 11. The van der Waals surface area contributed by atoms with E-state index >= 15 is 0 Å². The van der Waals surface area contributed by atoms with Gasteiger partial charge in [0.25, 0.3) is 65.0 Å². The first-order valence-corrected chi connectivity index (χ1v) is 39.2. The number of nitrogens with zero attached hydrogens (tertiary/aromatic N) is 14. The molecule has 12 aromatic rings. The van der Waals surface area contributed by atoms with E-state index in [2.05, 4.69) is 133 Å². The summed E-state index contributed by atoms with van der Waals surface area (Å²) in [6.45, 7) is 0.185. The van der Waals surface area contributed by atoms with Gasteiger partial charge in [-0.3, -0.25) is 57.8 Å². The van der Waals surface area contributed by atoms with E-state index in [1.807, 2.05) is 0 Å². The van der Waals surface area contributed by atoms with Crippen molar-refractivity contribution in [3.05, 3.63) is 248 Å². The number of carboxylic acids is 2. The second-order valence-corrected chi connectivity index (χ2v) is 27.8. The predicted octanol–water partition coefficient (Wildman–Crippen LogP) is 2.26. The van der Waals surface area contributed by atoms with E-state index in [1.165, 1.54) is 6.33 Å². The standard InChI is InChI=1S/C16H13FN4O5.C15H12FN5O4.C15H10FN5O3.C15H11FN4O5.C15H13N7O3.C7H5FN2O4/c1-25-16(24)14-12(17)13(19-7-20-14)15(23)18-5-8-2-3-10-9(4-8)21-11(22)6-26-10;16-11-12(14(17)23)19-6-20-13(11)15(24)18-4-7-1-2-9-8(3-7)21-10(22)5-25-9;16-13-10(4-17)19-7-20-14(13)15(23)18-5-8-1-2-11-9(3-8)21-12(22)6-24-11;16-11-12(18-6-19-13(11)15(23)24)14(22)17-4-7-1-2-9-8(3-7)20-10(21)5-25-9;16-14-12-11(21-22-14)13(19-6-18-12)15(24)17-4-7-1-2-9-8(3-7)20-10(23)5-25-9;1-14-7(13)5-3(8)4(6(11)12)9-2-10-5/h2-4,7H,5-6H2,1H3,(H,18,23)(H,21,22);1-3,6H,4-5H2,(H2,17,23)(H,18,24)(H,21,22);1-3,7H,5-6H2,(H,18,23)(H,21,22);1-3,6H,4-5H2,(H,17,22)(H,20,21)(H,23,24);1-3,6H,4-5H2,(H,17,24)(H,20,23)(H3,16,21,22);2H,1H3,(H,11,12). The molecule has 0 bridgehead atoms. The second kappa shape index (κ2) is 44.8. The molecule has 17 N–H and O–H groups in total. The molecule has 0 aliphatic carbocycles. The number of esters is 2. The van der Waals surface area contributed by atoms with E-state index in [1.54, 1.807) is 97.1 Å². The van der Waals surface area contributed by atoms with Crippen molar-refractivity contribution >= 4 is 134 Å². The minimum atomic E-state index is -1.60. The van der Waals surface area contributed by atoms with Crippen molar-refractivity contribution in [3.8, 4) is 34.8 Å². The molecule has 11 amide bonds. The Balaban J connectivity index is 0.000000151. The van der Waals surface area contributed by atoms with Crippen LogP contribution in [0.25, 0.3) is 11.0 Å². The molecular weight excluding hydrogens is 1850 g/mol. The van der Waals surface area contributed by atoms with Crippen LogP contribution < -0.4 is 88.3 Å². The fourth-order valence-electron chi connectivity index (χ4n) is 12.1. The molecule has 139 heavy (non-hydrogen) atoms. The van der Waals surface area contributed by atoms with Gasteiger partial charge in [0.2, 0.25) is 0 Å². The van der Waals surface area contributed by atoms with Crippen LogP contribution in [0.2, 0.25) is 0 Å². The second-order valence-electron chi connectivity index (χ2n) is 27.8. The van der Waals surface area contributed by atoms with Gasteiger partial charge in [0.05, 0.1) is 42.7 Å². The number of carbonyl (C=O) groups is 15. The lowest BCUT2D eigenvalue weighted by Gasteiger charge is -2.18. The summed E-state index contributed by atoms with van der Waals surface area (Å²) in [5.74, 6) is -14.5. The molecule has 12 heterocycles. The van der Waals surface area contributed by atoms with Crippen LogP contribution in [0.5, 0.6) is 28.7 Å². The minimum absolute atomic E-state index is 0.000106. The molecule has 7 aromatic heterocycles. The maximum absolute atomic E-state index is 14.2. The van der Waals surface area contributed by atoms with E-state index < -0.39 is 145 Å². The number of primary amides is 1. The molecule has 5 aromatic carbocycles. The topological polar surface area (TPSA) is 741 Å². The Hall–Kier alpha value is -20.0. The monoisotopic (exact) mass is 1920 g/mol. The van der Waals surface area contributed by atoms with Gasteiger partial charge in [0.15, 0.2) is 131 Å². The molecule has 0 unspecified atom stereocenters. The van der Waals surface area contributed by atoms with Crippen LogP contribution in [0.1, 0.15) is 138 Å². The highest BCUT2D eigenvalue weighted by molar-refractivity contribution is 6.06. The van der Waals surface area contributed by atoms with Gasteiger partial charge in [0, 0.05) is 32.7 Å². The van der Waals surface area contributed by atoms with Crippen LogP contribution in [0.3, 0.4) is 0 Å². The third kappa shape index (κ3) is 24.6. The number of aromatic amines is 1. The van der Waals surface area contributed by atoms with E-state index in [-0.39, 0.29) is 107 Å². The summed E-state index contributed by atoms with van der Waals surface area (Å²) < 4.78 is 104. The molecule has 17 rings (SSSR count). The summed E-state index contributed by atoms with van der Waals surface area (Å²) in [5.41, 5.74) is 10.9. The van der Waals surface area contributed by atoms with E-state index in [0.717, 1.165) is 51.4 Å². The van der Waals surface area contributed by atoms with Gasteiger partial charge in [0.1, 0.15) is 83.8 Å². The van der Waals surface area contributed by atoms with Crippen molar-refractivity contribution in [3.63, 3.8) is 0 Å². The quantitative estimate of drug-likeness (QED) is 0.0384. The van der Waals surface area contributed by atoms with Crippen molar-refractivity contribution in [2.24, 2.45) is 5.73 Å². The van der Waals surface area contributed by atoms with Crippen molar-refractivity contribution in [2.45, 2.75) is 32.7 Å². The fourth-order valence-corrected chi connectivity index (χ4v) is 12.1. The first kappa shape index (κ1) is 98.1. The van der Waals surface area contributed by atoms with Crippen LogP contribution in [-0.4, -0.2) is 216 Å². The fraction of sp³-hybridized carbons (Fsp3) is 0.145. The van der Waals surface area contributed by atoms with E-state index in [4.69, 9.17) is 50.6 Å². The smallest absolute Gasteiger partial charge is 0.359 e. The molecule has 710 valence electrons. The van der Waals surface area contributed by atoms with E-state index in [9.17, 15) is 93.9 Å². The number of carboxylic acid groups (broad SMARTS) is 2. The van der Waals surface area contributed by atoms with E-state index in [0.29, 0.717) is 90.5 Å². The first-order valence-electron chi connectivity index (χ1n) is 39.2. The maximum Gasteiger partial charge on any atom is 0.359 e. The molecule has 0 fully saturated rings. The first-order chi connectivity index (χ1) is 66.7. The lowest BCUT2D eigenvalue weighted by molar-refractivity contribution is -0.119. The SMILES string of the molecule is COC(=O)c1ncnc(C(=O)NCc2ccc3c(c2)NC(=O)CO3)c1F.COC(=O)c1ncnc(C(=O)O)c1F.N#Cc1ncnc(C(=O)NCc2ccc3c(c2)NC(=O)CO3)c1F.NC(=O)c1ncnc(C(=O)NCc2ccc3c(c2)NC(=O)CO3)c1F.Nc1n[nH]c2c(C(=O)NCc3ccc4c(c3)NC(=O)CO4)ncnc12.O=C1COc2ccc(CNC(=O)c3ncnc(C(=O)O)c3F)cc2N1. The molecular formula is C83H64F5N27O24. The highest BCUT2D eigenvalue weighted by Gasteiger charge is 2.30.